The fourth-order valence-corrected chi connectivity index (χ4v) is 3.93. The summed E-state index contributed by atoms with van der Waals surface area (Å²) < 4.78 is 0. The molecular weight excluding hydrogens is 358 g/mol. The standard InChI is InChI=1S/C22H28ClN3O/c1-17(19-8-4-3-5-9-19)24-22(27)16-25-12-14-26(15-13-25)18(2)20-10-6-7-11-21(20)23/h3-11,17-18H,12-16H2,1-2H3,(H,24,27). The van der Waals surface area contributed by atoms with E-state index >= 15 is 0 Å². The Labute approximate surface area is 167 Å². The normalized spacial score (nSPS) is 18.0. The van der Waals surface area contributed by atoms with E-state index in [1.54, 1.807) is 0 Å². The van der Waals surface area contributed by atoms with Gasteiger partial charge in [-0.25, -0.2) is 0 Å². The second-order valence-corrected chi connectivity index (χ2v) is 7.62. The smallest absolute Gasteiger partial charge is 0.234 e. The first-order chi connectivity index (χ1) is 13.0. The van der Waals surface area contributed by atoms with Crippen LogP contribution in [0.15, 0.2) is 54.6 Å². The Morgan fingerprint density at radius 1 is 1.00 bits per heavy atom. The first kappa shape index (κ1) is 19.9. The summed E-state index contributed by atoms with van der Waals surface area (Å²) in [4.78, 5) is 17.1. The molecule has 1 amide bonds. The van der Waals surface area contributed by atoms with Crippen molar-refractivity contribution in [1.29, 1.82) is 0 Å². The molecule has 4 nitrogen and oxygen atoms in total. The number of nitrogens with zero attached hydrogens (tertiary/aromatic N) is 2. The Balaban J connectivity index is 1.46. The van der Waals surface area contributed by atoms with Crippen LogP contribution in [0.25, 0.3) is 0 Å². The molecule has 144 valence electrons. The van der Waals surface area contributed by atoms with E-state index in [1.165, 1.54) is 5.56 Å². The number of rotatable bonds is 6. The topological polar surface area (TPSA) is 35.6 Å². The number of benzene rings is 2. The van der Waals surface area contributed by atoms with Gasteiger partial charge >= 0.3 is 0 Å². The maximum atomic E-state index is 12.4. The molecule has 1 saturated heterocycles. The average molecular weight is 386 g/mol. The lowest BCUT2D eigenvalue weighted by molar-refractivity contribution is -0.123. The van der Waals surface area contributed by atoms with Crippen molar-refractivity contribution in [3.8, 4) is 0 Å². The Morgan fingerprint density at radius 2 is 1.63 bits per heavy atom. The van der Waals surface area contributed by atoms with Gasteiger partial charge in [-0.1, -0.05) is 60.1 Å². The van der Waals surface area contributed by atoms with Gasteiger partial charge in [0.1, 0.15) is 0 Å². The van der Waals surface area contributed by atoms with Gasteiger partial charge in [0.25, 0.3) is 0 Å². The van der Waals surface area contributed by atoms with Crippen molar-refractivity contribution in [2.75, 3.05) is 32.7 Å². The minimum Gasteiger partial charge on any atom is -0.348 e. The fraction of sp³-hybridized carbons (Fsp3) is 0.409. The number of hydrogen-bond acceptors (Lipinski definition) is 3. The third kappa shape index (κ3) is 5.32. The Bertz CT molecular complexity index is 744. The Morgan fingerprint density at radius 3 is 2.30 bits per heavy atom. The molecule has 5 heteroatoms. The SMILES string of the molecule is CC(NC(=O)CN1CCN(C(C)c2ccccc2Cl)CC1)c1ccccc1. The highest BCUT2D eigenvalue weighted by molar-refractivity contribution is 6.31. The third-order valence-electron chi connectivity index (χ3n) is 5.35. The van der Waals surface area contributed by atoms with E-state index in [2.05, 4.69) is 28.1 Å². The molecule has 1 fully saturated rings. The van der Waals surface area contributed by atoms with Crippen molar-refractivity contribution < 1.29 is 4.79 Å². The molecule has 0 radical (unpaired) electrons. The van der Waals surface area contributed by atoms with E-state index in [-0.39, 0.29) is 18.0 Å². The summed E-state index contributed by atoms with van der Waals surface area (Å²) in [6.07, 6.45) is 0. The highest BCUT2D eigenvalue weighted by Crippen LogP contribution is 2.27. The number of nitrogens with one attached hydrogen (secondary N) is 1. The second kappa shape index (κ2) is 9.36. The van der Waals surface area contributed by atoms with E-state index in [0.29, 0.717) is 6.54 Å². The fourth-order valence-electron chi connectivity index (χ4n) is 3.63. The first-order valence-electron chi connectivity index (χ1n) is 9.59. The van der Waals surface area contributed by atoms with Gasteiger partial charge < -0.3 is 5.32 Å². The van der Waals surface area contributed by atoms with Gasteiger partial charge in [0.2, 0.25) is 5.91 Å². The third-order valence-corrected chi connectivity index (χ3v) is 5.70. The van der Waals surface area contributed by atoms with Gasteiger partial charge in [0.05, 0.1) is 12.6 Å². The van der Waals surface area contributed by atoms with Crippen molar-refractivity contribution in [3.63, 3.8) is 0 Å². The summed E-state index contributed by atoms with van der Waals surface area (Å²) in [6, 6.07) is 18.4. The molecular formula is C22H28ClN3O. The first-order valence-corrected chi connectivity index (χ1v) is 9.97. The number of amides is 1. The van der Waals surface area contributed by atoms with Gasteiger partial charge in [-0.05, 0) is 31.0 Å². The average Bonchev–Trinajstić information content (AvgIpc) is 2.69. The lowest BCUT2D eigenvalue weighted by Crippen LogP contribution is -2.50. The largest absolute Gasteiger partial charge is 0.348 e. The van der Waals surface area contributed by atoms with Crippen LogP contribution in [0.2, 0.25) is 5.02 Å². The summed E-state index contributed by atoms with van der Waals surface area (Å²) in [7, 11) is 0. The molecule has 1 heterocycles. The van der Waals surface area contributed by atoms with Gasteiger partial charge in [-0.3, -0.25) is 14.6 Å². The van der Waals surface area contributed by atoms with Crippen molar-refractivity contribution in [3.05, 3.63) is 70.7 Å². The molecule has 27 heavy (non-hydrogen) atoms. The van der Waals surface area contributed by atoms with Crippen LogP contribution >= 0.6 is 11.6 Å². The maximum absolute atomic E-state index is 12.4. The van der Waals surface area contributed by atoms with E-state index in [1.807, 2.05) is 55.5 Å². The van der Waals surface area contributed by atoms with E-state index in [9.17, 15) is 4.79 Å². The number of piperazine rings is 1. The van der Waals surface area contributed by atoms with Crippen molar-refractivity contribution in [2.45, 2.75) is 25.9 Å². The van der Waals surface area contributed by atoms with Crippen LogP contribution in [0.1, 0.15) is 37.1 Å². The summed E-state index contributed by atoms with van der Waals surface area (Å²) in [5.41, 5.74) is 2.30. The molecule has 2 unspecified atom stereocenters. The van der Waals surface area contributed by atoms with Gasteiger partial charge in [-0.2, -0.15) is 0 Å². The molecule has 1 aliphatic heterocycles. The summed E-state index contributed by atoms with van der Waals surface area (Å²) in [6.45, 7) is 8.33. The number of carbonyl (C=O) groups excluding carboxylic acids is 1. The molecule has 0 aromatic heterocycles. The minimum atomic E-state index is 0.0280. The van der Waals surface area contributed by atoms with Gasteiger partial charge in [0, 0.05) is 37.2 Å². The van der Waals surface area contributed by atoms with Crippen LogP contribution in [0.3, 0.4) is 0 Å². The predicted molar refractivity (Wildman–Crippen MR) is 111 cm³/mol. The van der Waals surface area contributed by atoms with Crippen LogP contribution in [-0.2, 0) is 4.79 Å². The van der Waals surface area contributed by atoms with Gasteiger partial charge in [0.15, 0.2) is 0 Å². The zero-order valence-electron chi connectivity index (χ0n) is 16.1. The molecule has 0 bridgehead atoms. The molecule has 0 aliphatic carbocycles. The molecule has 2 aromatic carbocycles. The zero-order valence-corrected chi connectivity index (χ0v) is 16.8. The maximum Gasteiger partial charge on any atom is 0.234 e. The zero-order chi connectivity index (χ0) is 19.2. The second-order valence-electron chi connectivity index (χ2n) is 7.21. The molecule has 1 aliphatic rings. The van der Waals surface area contributed by atoms with E-state index < -0.39 is 0 Å². The summed E-state index contributed by atoms with van der Waals surface area (Å²) in [5, 5.41) is 3.92. The molecule has 2 atom stereocenters. The van der Waals surface area contributed by atoms with Crippen LogP contribution < -0.4 is 5.32 Å². The monoisotopic (exact) mass is 385 g/mol. The lowest BCUT2D eigenvalue weighted by Gasteiger charge is -2.38. The molecule has 3 rings (SSSR count). The summed E-state index contributed by atoms with van der Waals surface area (Å²) >= 11 is 6.34. The molecule has 2 aromatic rings. The lowest BCUT2D eigenvalue weighted by atomic mass is 10.1. The van der Waals surface area contributed by atoms with Crippen molar-refractivity contribution in [1.82, 2.24) is 15.1 Å². The molecule has 0 saturated carbocycles. The Kier molecular flexibility index (Phi) is 6.89. The van der Waals surface area contributed by atoms with Crippen LogP contribution in [0.4, 0.5) is 0 Å². The van der Waals surface area contributed by atoms with Crippen molar-refractivity contribution in [2.24, 2.45) is 0 Å². The summed E-state index contributed by atoms with van der Waals surface area (Å²) in [5.74, 6) is 0.0824. The number of halogens is 1. The number of carbonyl (C=O) groups is 1. The van der Waals surface area contributed by atoms with E-state index in [4.69, 9.17) is 11.6 Å². The predicted octanol–water partition coefficient (Wildman–Crippen LogP) is 3.90. The molecule has 0 spiro atoms. The Hall–Kier alpha value is -1.88. The quantitative estimate of drug-likeness (QED) is 0.819. The molecule has 1 N–H and O–H groups in total. The van der Waals surface area contributed by atoms with Crippen molar-refractivity contribution >= 4 is 17.5 Å². The minimum absolute atomic E-state index is 0.0280. The van der Waals surface area contributed by atoms with E-state index in [0.717, 1.165) is 36.8 Å². The highest BCUT2D eigenvalue weighted by Gasteiger charge is 2.24. The number of hydrogen-bond donors (Lipinski definition) is 1. The van der Waals surface area contributed by atoms with Crippen LogP contribution in [0, 0.1) is 0 Å². The van der Waals surface area contributed by atoms with Crippen LogP contribution in [0.5, 0.6) is 0 Å². The highest BCUT2D eigenvalue weighted by atomic mass is 35.5. The van der Waals surface area contributed by atoms with Crippen LogP contribution in [-0.4, -0.2) is 48.4 Å². The van der Waals surface area contributed by atoms with Gasteiger partial charge in [-0.15, -0.1) is 0 Å².